The van der Waals surface area contributed by atoms with Crippen LogP contribution in [0.3, 0.4) is 0 Å². The van der Waals surface area contributed by atoms with Crippen molar-refractivity contribution in [2.24, 2.45) is 0 Å². The van der Waals surface area contributed by atoms with Crippen LogP contribution in [0.2, 0.25) is 0 Å². The summed E-state index contributed by atoms with van der Waals surface area (Å²) in [4.78, 5) is 0. The molecule has 3 nitrogen and oxygen atoms in total. The molecule has 0 amide bonds. The highest BCUT2D eigenvalue weighted by Gasteiger charge is 2.28. The fourth-order valence-electron chi connectivity index (χ4n) is 3.14. The average Bonchev–Trinajstić information content (AvgIpc) is 2.74. The molecule has 0 fully saturated rings. The zero-order valence-electron chi connectivity index (χ0n) is 16.0. The number of aliphatic hydroxyl groups excluding tert-OH is 1. The van der Waals surface area contributed by atoms with E-state index in [-0.39, 0.29) is 6.04 Å². The van der Waals surface area contributed by atoms with Crippen molar-refractivity contribution < 1.29 is 9.84 Å². The summed E-state index contributed by atoms with van der Waals surface area (Å²) in [6.45, 7) is 2.08. The van der Waals surface area contributed by atoms with E-state index >= 15 is 0 Å². The van der Waals surface area contributed by atoms with Crippen LogP contribution in [0.5, 0.6) is 5.75 Å². The lowest BCUT2D eigenvalue weighted by Gasteiger charge is -2.36. The lowest BCUT2D eigenvalue weighted by atomic mass is 10.0. The van der Waals surface area contributed by atoms with Gasteiger partial charge in [-0.05, 0) is 42.3 Å². The van der Waals surface area contributed by atoms with Gasteiger partial charge in [-0.15, -0.1) is 0 Å². The minimum Gasteiger partial charge on any atom is -0.497 e. The van der Waals surface area contributed by atoms with Crippen LogP contribution in [0.15, 0.2) is 84.9 Å². The van der Waals surface area contributed by atoms with Gasteiger partial charge < -0.3 is 9.84 Å². The molecule has 140 valence electrons. The zero-order valence-corrected chi connectivity index (χ0v) is 16.9. The predicted octanol–water partition coefficient (Wildman–Crippen LogP) is 4.10. The van der Waals surface area contributed by atoms with Crippen molar-refractivity contribution in [3.05, 3.63) is 90.5 Å². The van der Waals surface area contributed by atoms with Gasteiger partial charge in [0, 0.05) is 14.1 Å². The quantitative estimate of drug-likeness (QED) is 0.628. The van der Waals surface area contributed by atoms with E-state index in [1.807, 2.05) is 48.5 Å². The second-order valence-electron chi connectivity index (χ2n) is 6.52. The summed E-state index contributed by atoms with van der Waals surface area (Å²) in [5.41, 5.74) is 0.936. The van der Waals surface area contributed by atoms with Gasteiger partial charge >= 0.3 is 0 Å². The van der Waals surface area contributed by atoms with Gasteiger partial charge in [0.1, 0.15) is 5.75 Å². The molecule has 0 saturated heterocycles. The first kappa shape index (κ1) is 19.6. The average molecular weight is 379 g/mol. The Morgan fingerprint density at radius 1 is 0.852 bits per heavy atom. The third-order valence-corrected chi connectivity index (χ3v) is 7.35. The van der Waals surface area contributed by atoms with E-state index in [1.165, 1.54) is 10.6 Å². The Morgan fingerprint density at radius 3 is 2.07 bits per heavy atom. The molecule has 27 heavy (non-hydrogen) atoms. The van der Waals surface area contributed by atoms with Crippen LogP contribution in [0.25, 0.3) is 0 Å². The van der Waals surface area contributed by atoms with Gasteiger partial charge in [-0.2, -0.15) is 0 Å². The Hall–Kier alpha value is -2.19. The maximum absolute atomic E-state index is 10.9. The number of rotatable bonds is 7. The molecule has 3 atom stereocenters. The number of nitrogens with zero attached hydrogens (tertiary/aromatic N) is 1. The van der Waals surface area contributed by atoms with Crippen molar-refractivity contribution in [2.45, 2.75) is 19.1 Å². The molecule has 1 N–H and O–H groups in total. The molecule has 3 aromatic carbocycles. The molecule has 3 rings (SSSR count). The highest BCUT2D eigenvalue weighted by Crippen LogP contribution is 2.41. The maximum atomic E-state index is 10.9. The third kappa shape index (κ3) is 4.56. The molecular weight excluding hydrogens is 353 g/mol. The van der Waals surface area contributed by atoms with E-state index in [0.29, 0.717) is 0 Å². The minimum atomic E-state index is -0.803. The molecule has 4 heteroatoms. The Bertz CT molecular complexity index is 841. The first-order valence-corrected chi connectivity index (χ1v) is 10.4. The monoisotopic (exact) mass is 379 g/mol. The highest BCUT2D eigenvalue weighted by molar-refractivity contribution is 7.70. The Morgan fingerprint density at radius 2 is 1.44 bits per heavy atom. The largest absolute Gasteiger partial charge is 0.497 e. The van der Waals surface area contributed by atoms with E-state index in [9.17, 15) is 5.11 Å². The van der Waals surface area contributed by atoms with Crippen LogP contribution >= 0.6 is 8.07 Å². The minimum absolute atomic E-state index is 0.0510. The van der Waals surface area contributed by atoms with Crippen molar-refractivity contribution >= 4 is 18.7 Å². The standard InChI is InChI=1S/C23H26NO2P/c1-18(23(25)19-11-6-4-7-12-19)24(2)27(21-14-8-5-9-15-21)22-16-10-13-20(17-22)26-3/h4-18,23,25H,1-3H3/t18-,23?,27-/m0/s1. The summed E-state index contributed by atoms with van der Waals surface area (Å²) in [6, 6.07) is 28.5. The zero-order chi connectivity index (χ0) is 19.2. The van der Waals surface area contributed by atoms with E-state index in [4.69, 9.17) is 4.74 Å². The third-order valence-electron chi connectivity index (χ3n) is 4.80. The number of hydrogen-bond donors (Lipinski definition) is 1. The first-order chi connectivity index (χ1) is 13.1. The van der Waals surface area contributed by atoms with Crippen LogP contribution in [0.1, 0.15) is 18.6 Å². The Kier molecular flexibility index (Phi) is 6.63. The first-order valence-electron chi connectivity index (χ1n) is 9.07. The van der Waals surface area contributed by atoms with E-state index < -0.39 is 14.2 Å². The number of benzene rings is 3. The second kappa shape index (κ2) is 9.14. The van der Waals surface area contributed by atoms with Gasteiger partial charge in [-0.3, -0.25) is 4.67 Å². The molecule has 0 aliphatic carbocycles. The smallest absolute Gasteiger partial charge is 0.119 e. The predicted molar refractivity (Wildman–Crippen MR) is 114 cm³/mol. The van der Waals surface area contributed by atoms with Gasteiger partial charge in [0.05, 0.1) is 13.2 Å². The van der Waals surface area contributed by atoms with Crippen LogP contribution in [-0.2, 0) is 0 Å². The Balaban J connectivity index is 1.97. The van der Waals surface area contributed by atoms with E-state index in [1.54, 1.807) is 7.11 Å². The van der Waals surface area contributed by atoms with Crippen LogP contribution in [-0.4, -0.2) is 30.0 Å². The molecule has 0 bridgehead atoms. The molecule has 0 aliphatic heterocycles. The topological polar surface area (TPSA) is 32.7 Å². The SMILES string of the molecule is COc1cccc([P@](c2ccccc2)N(C)[C@@H](C)C(O)c2ccccc2)c1. The molecule has 1 unspecified atom stereocenters. The number of ether oxygens (including phenoxy) is 1. The lowest BCUT2D eigenvalue weighted by Crippen LogP contribution is -2.36. The molecule has 0 saturated carbocycles. The molecule has 3 aromatic rings. The van der Waals surface area contributed by atoms with Crippen molar-refractivity contribution in [3.63, 3.8) is 0 Å². The van der Waals surface area contributed by atoms with Crippen LogP contribution in [0, 0.1) is 0 Å². The summed E-state index contributed by atoms with van der Waals surface area (Å²) in [6.07, 6.45) is -0.560. The van der Waals surface area contributed by atoms with Gasteiger partial charge in [0.2, 0.25) is 0 Å². The van der Waals surface area contributed by atoms with Crippen LogP contribution < -0.4 is 15.3 Å². The van der Waals surface area contributed by atoms with Crippen molar-refractivity contribution in [1.29, 1.82) is 0 Å². The van der Waals surface area contributed by atoms with E-state index in [2.05, 4.69) is 55.0 Å². The number of aliphatic hydroxyl groups is 1. The van der Waals surface area contributed by atoms with E-state index in [0.717, 1.165) is 11.3 Å². The molecule has 0 aromatic heterocycles. The van der Waals surface area contributed by atoms with Gasteiger partial charge in [0.25, 0.3) is 0 Å². The normalized spacial score (nSPS) is 14.6. The summed E-state index contributed by atoms with van der Waals surface area (Å²) in [7, 11) is 2.98. The van der Waals surface area contributed by atoms with Crippen LogP contribution in [0.4, 0.5) is 0 Å². The number of methoxy groups -OCH3 is 1. The number of hydrogen-bond acceptors (Lipinski definition) is 3. The lowest BCUT2D eigenvalue weighted by molar-refractivity contribution is 0.111. The molecule has 0 aliphatic rings. The highest BCUT2D eigenvalue weighted by atomic mass is 31.1. The Labute approximate surface area is 163 Å². The molecule has 0 spiro atoms. The number of likely N-dealkylation sites (N-methyl/N-ethyl adjacent to an activating group) is 1. The van der Waals surface area contributed by atoms with Gasteiger partial charge in [0.15, 0.2) is 0 Å². The molecular formula is C23H26NO2P. The molecule has 0 heterocycles. The van der Waals surface area contributed by atoms with Crippen molar-refractivity contribution in [1.82, 2.24) is 4.67 Å². The fraction of sp³-hybridized carbons (Fsp3) is 0.217. The summed E-state index contributed by atoms with van der Waals surface area (Å²) in [5, 5.41) is 13.4. The molecule has 0 radical (unpaired) electrons. The van der Waals surface area contributed by atoms with Crippen molar-refractivity contribution in [2.75, 3.05) is 14.2 Å². The van der Waals surface area contributed by atoms with Gasteiger partial charge in [-0.1, -0.05) is 72.8 Å². The maximum Gasteiger partial charge on any atom is 0.119 e. The second-order valence-corrected chi connectivity index (χ2v) is 8.81. The van der Waals surface area contributed by atoms with Gasteiger partial charge in [-0.25, -0.2) is 0 Å². The fourth-order valence-corrected chi connectivity index (χ4v) is 5.59. The summed E-state index contributed by atoms with van der Waals surface area (Å²) in [5.74, 6) is 0.848. The summed E-state index contributed by atoms with van der Waals surface area (Å²) < 4.78 is 7.73. The van der Waals surface area contributed by atoms with Crippen molar-refractivity contribution in [3.8, 4) is 5.75 Å². The summed E-state index contributed by atoms with van der Waals surface area (Å²) >= 11 is 0.